The number of carbonyl (C=O) groups is 1. The van der Waals surface area contributed by atoms with E-state index in [0.717, 1.165) is 24.1 Å². The van der Waals surface area contributed by atoms with Crippen molar-refractivity contribution in [3.63, 3.8) is 0 Å². The van der Waals surface area contributed by atoms with Crippen molar-refractivity contribution in [2.45, 2.75) is 19.3 Å². The van der Waals surface area contributed by atoms with Crippen molar-refractivity contribution in [2.75, 3.05) is 5.73 Å². The fourth-order valence-electron chi connectivity index (χ4n) is 2.35. The highest BCUT2D eigenvalue weighted by molar-refractivity contribution is 6.03. The van der Waals surface area contributed by atoms with Crippen molar-refractivity contribution in [1.82, 2.24) is 9.97 Å². The number of nitrogen functional groups attached to an aromatic ring is 1. The SMILES string of the molecule is Nc1nc2c(c(-c3ccccc3)n1)C(=O)CCC2. The Kier molecular flexibility index (Phi) is 2.55. The smallest absolute Gasteiger partial charge is 0.220 e. The number of aryl methyl sites for hydroxylation is 1. The molecule has 0 aliphatic heterocycles. The van der Waals surface area contributed by atoms with Crippen LogP contribution < -0.4 is 5.73 Å². The van der Waals surface area contributed by atoms with Crippen LogP contribution in [-0.2, 0) is 6.42 Å². The minimum atomic E-state index is 0.120. The predicted molar refractivity (Wildman–Crippen MR) is 69.1 cm³/mol. The van der Waals surface area contributed by atoms with Gasteiger partial charge in [0.2, 0.25) is 5.95 Å². The predicted octanol–water partition coefficient (Wildman–Crippen LogP) is 2.24. The van der Waals surface area contributed by atoms with Gasteiger partial charge in [0.25, 0.3) is 0 Å². The Hall–Kier alpha value is -2.23. The number of rotatable bonds is 1. The lowest BCUT2D eigenvalue weighted by Crippen LogP contribution is -2.17. The molecule has 18 heavy (non-hydrogen) atoms. The molecule has 2 aromatic rings. The van der Waals surface area contributed by atoms with Crippen molar-refractivity contribution >= 4 is 11.7 Å². The molecule has 0 unspecified atom stereocenters. The van der Waals surface area contributed by atoms with Gasteiger partial charge in [0.15, 0.2) is 5.78 Å². The van der Waals surface area contributed by atoms with Gasteiger partial charge in [0.1, 0.15) is 0 Å². The van der Waals surface area contributed by atoms with Gasteiger partial charge in [0, 0.05) is 12.0 Å². The Morgan fingerprint density at radius 3 is 2.61 bits per heavy atom. The fraction of sp³-hybridized carbons (Fsp3) is 0.214. The molecule has 0 spiro atoms. The first-order valence-electron chi connectivity index (χ1n) is 6.01. The van der Waals surface area contributed by atoms with E-state index in [0.29, 0.717) is 17.7 Å². The molecule has 1 aromatic heterocycles. The van der Waals surface area contributed by atoms with E-state index >= 15 is 0 Å². The lowest BCUT2D eigenvalue weighted by Gasteiger charge is -2.17. The molecule has 0 bridgehead atoms. The minimum Gasteiger partial charge on any atom is -0.368 e. The summed E-state index contributed by atoms with van der Waals surface area (Å²) >= 11 is 0. The van der Waals surface area contributed by atoms with E-state index in [2.05, 4.69) is 9.97 Å². The first-order valence-corrected chi connectivity index (χ1v) is 6.01. The summed E-state index contributed by atoms with van der Waals surface area (Å²) in [7, 11) is 0. The van der Waals surface area contributed by atoms with Crippen molar-refractivity contribution in [2.24, 2.45) is 0 Å². The molecule has 0 saturated carbocycles. The average Bonchev–Trinajstić information content (AvgIpc) is 2.39. The van der Waals surface area contributed by atoms with Gasteiger partial charge in [-0.3, -0.25) is 4.79 Å². The topological polar surface area (TPSA) is 68.9 Å². The molecule has 1 aromatic carbocycles. The standard InChI is InChI=1S/C14H13N3O/c15-14-16-10-7-4-8-11(18)12(10)13(17-14)9-5-2-1-3-6-9/h1-3,5-6H,4,7-8H2,(H2,15,16,17). The largest absolute Gasteiger partial charge is 0.368 e. The Morgan fingerprint density at radius 1 is 1.06 bits per heavy atom. The molecule has 0 atom stereocenters. The number of Topliss-reactive ketones (excluding diaryl/α,β-unsaturated/α-hetero) is 1. The number of carbonyl (C=O) groups excluding carboxylic acids is 1. The summed E-state index contributed by atoms with van der Waals surface area (Å²) < 4.78 is 0. The molecule has 1 aliphatic rings. The van der Waals surface area contributed by atoms with Gasteiger partial charge in [-0.15, -0.1) is 0 Å². The van der Waals surface area contributed by atoms with Crippen LogP contribution in [0.5, 0.6) is 0 Å². The highest BCUT2D eigenvalue weighted by Crippen LogP contribution is 2.29. The Bertz CT molecular complexity index is 608. The van der Waals surface area contributed by atoms with Crippen LogP contribution in [0.4, 0.5) is 5.95 Å². The lowest BCUT2D eigenvalue weighted by atomic mass is 9.91. The molecule has 0 fully saturated rings. The van der Waals surface area contributed by atoms with Crippen molar-refractivity contribution in [3.8, 4) is 11.3 Å². The zero-order valence-electron chi connectivity index (χ0n) is 9.89. The second kappa shape index (κ2) is 4.22. The zero-order chi connectivity index (χ0) is 12.5. The van der Waals surface area contributed by atoms with Gasteiger partial charge in [-0.05, 0) is 12.8 Å². The summed E-state index contributed by atoms with van der Waals surface area (Å²) in [6, 6.07) is 9.65. The molecule has 4 heteroatoms. The zero-order valence-corrected chi connectivity index (χ0v) is 9.89. The molecule has 3 rings (SSSR count). The van der Waals surface area contributed by atoms with Gasteiger partial charge in [-0.2, -0.15) is 0 Å². The molecule has 0 saturated heterocycles. The van der Waals surface area contributed by atoms with E-state index in [1.165, 1.54) is 0 Å². The number of anilines is 1. The van der Waals surface area contributed by atoms with Crippen molar-refractivity contribution in [3.05, 3.63) is 41.6 Å². The number of nitrogens with zero attached hydrogens (tertiary/aromatic N) is 2. The number of aromatic nitrogens is 2. The van der Waals surface area contributed by atoms with Crippen molar-refractivity contribution < 1.29 is 4.79 Å². The molecule has 1 aliphatic carbocycles. The van der Waals surface area contributed by atoms with E-state index in [1.807, 2.05) is 30.3 Å². The summed E-state index contributed by atoms with van der Waals surface area (Å²) in [5.74, 6) is 0.359. The third-order valence-electron chi connectivity index (χ3n) is 3.14. The van der Waals surface area contributed by atoms with E-state index in [9.17, 15) is 4.79 Å². The quantitative estimate of drug-likeness (QED) is 0.828. The number of hydrogen-bond acceptors (Lipinski definition) is 4. The molecular weight excluding hydrogens is 226 g/mol. The first kappa shape index (κ1) is 10.9. The number of benzene rings is 1. The van der Waals surface area contributed by atoms with Crippen LogP contribution in [0.3, 0.4) is 0 Å². The lowest BCUT2D eigenvalue weighted by molar-refractivity contribution is 0.0972. The maximum atomic E-state index is 12.1. The van der Waals surface area contributed by atoms with Crippen LogP contribution in [0.1, 0.15) is 28.9 Å². The van der Waals surface area contributed by atoms with Gasteiger partial charge < -0.3 is 5.73 Å². The number of nitrogens with two attached hydrogens (primary N) is 1. The molecule has 4 nitrogen and oxygen atoms in total. The van der Waals surface area contributed by atoms with Gasteiger partial charge >= 0.3 is 0 Å². The third-order valence-corrected chi connectivity index (χ3v) is 3.14. The number of ketones is 1. The molecule has 1 heterocycles. The van der Waals surface area contributed by atoms with Gasteiger partial charge in [-0.1, -0.05) is 30.3 Å². The highest BCUT2D eigenvalue weighted by Gasteiger charge is 2.24. The van der Waals surface area contributed by atoms with Crippen LogP contribution in [0.2, 0.25) is 0 Å². The van der Waals surface area contributed by atoms with Crippen LogP contribution in [-0.4, -0.2) is 15.8 Å². The van der Waals surface area contributed by atoms with E-state index in [-0.39, 0.29) is 11.7 Å². The Labute approximate surface area is 105 Å². The van der Waals surface area contributed by atoms with Crippen LogP contribution in [0.25, 0.3) is 11.3 Å². The second-order valence-corrected chi connectivity index (χ2v) is 4.39. The van der Waals surface area contributed by atoms with Crippen molar-refractivity contribution in [1.29, 1.82) is 0 Å². The molecule has 2 N–H and O–H groups in total. The van der Waals surface area contributed by atoms with E-state index < -0.39 is 0 Å². The Morgan fingerprint density at radius 2 is 1.83 bits per heavy atom. The first-order chi connectivity index (χ1) is 8.75. The number of hydrogen-bond donors (Lipinski definition) is 1. The number of fused-ring (bicyclic) bond motifs is 1. The van der Waals surface area contributed by atoms with Crippen LogP contribution in [0.15, 0.2) is 30.3 Å². The monoisotopic (exact) mass is 239 g/mol. The molecule has 0 amide bonds. The summed E-state index contributed by atoms with van der Waals surface area (Å²) in [6.45, 7) is 0. The van der Waals surface area contributed by atoms with E-state index in [4.69, 9.17) is 5.73 Å². The highest BCUT2D eigenvalue weighted by atomic mass is 16.1. The minimum absolute atomic E-state index is 0.120. The van der Waals surface area contributed by atoms with Crippen LogP contribution in [0, 0.1) is 0 Å². The maximum absolute atomic E-state index is 12.1. The maximum Gasteiger partial charge on any atom is 0.220 e. The normalized spacial score (nSPS) is 14.3. The summed E-state index contributed by atoms with van der Waals surface area (Å²) in [4.78, 5) is 20.5. The summed E-state index contributed by atoms with van der Waals surface area (Å²) in [5, 5.41) is 0. The Balaban J connectivity index is 2.26. The summed E-state index contributed by atoms with van der Waals surface area (Å²) in [6.07, 6.45) is 2.21. The van der Waals surface area contributed by atoms with Gasteiger partial charge in [-0.25, -0.2) is 9.97 Å². The third kappa shape index (κ3) is 1.76. The van der Waals surface area contributed by atoms with Crippen LogP contribution >= 0.6 is 0 Å². The second-order valence-electron chi connectivity index (χ2n) is 4.39. The van der Waals surface area contributed by atoms with E-state index in [1.54, 1.807) is 0 Å². The fourth-order valence-corrected chi connectivity index (χ4v) is 2.35. The molecule has 0 radical (unpaired) electrons. The average molecular weight is 239 g/mol. The van der Waals surface area contributed by atoms with Gasteiger partial charge in [0.05, 0.1) is 17.0 Å². The summed E-state index contributed by atoms with van der Waals surface area (Å²) in [5.41, 5.74) is 8.76. The molecular formula is C14H13N3O. The molecule has 90 valence electrons.